The summed E-state index contributed by atoms with van der Waals surface area (Å²) in [7, 11) is 0. The molecule has 37 heavy (non-hydrogen) atoms. The Labute approximate surface area is 218 Å². The van der Waals surface area contributed by atoms with E-state index < -0.39 is 17.7 Å². The molecule has 1 amide bonds. The first-order valence-electron chi connectivity index (χ1n) is 12.5. The largest absolute Gasteiger partial charge is 0.507 e. The number of rotatable bonds is 6. The molecule has 1 saturated heterocycles. The summed E-state index contributed by atoms with van der Waals surface area (Å²) in [6.45, 7) is 13.0. The zero-order valence-corrected chi connectivity index (χ0v) is 22.3. The molecule has 1 aliphatic rings. The molecule has 6 nitrogen and oxygen atoms in total. The van der Waals surface area contributed by atoms with E-state index >= 15 is 0 Å². The maximum absolute atomic E-state index is 13.4. The van der Waals surface area contributed by atoms with Crippen LogP contribution < -0.4 is 9.64 Å². The first-order chi connectivity index (χ1) is 17.5. The maximum atomic E-state index is 13.4. The summed E-state index contributed by atoms with van der Waals surface area (Å²) in [6, 6.07) is 15.6. The molecule has 1 N–H and O–H groups in total. The second-order valence-electron chi connectivity index (χ2n) is 10.9. The van der Waals surface area contributed by atoms with Crippen molar-refractivity contribution in [1.29, 1.82) is 0 Å². The second-order valence-corrected chi connectivity index (χ2v) is 10.9. The number of ether oxygens (including phenoxy) is 1. The summed E-state index contributed by atoms with van der Waals surface area (Å²) in [4.78, 5) is 32.4. The number of nitrogens with zero attached hydrogens (tertiary/aromatic N) is 2. The molecule has 2 aromatic carbocycles. The van der Waals surface area contributed by atoms with Crippen molar-refractivity contribution < 1.29 is 19.4 Å². The number of hydrogen-bond donors (Lipinski definition) is 1. The van der Waals surface area contributed by atoms with Gasteiger partial charge in [0.25, 0.3) is 11.7 Å². The monoisotopic (exact) mass is 498 g/mol. The topological polar surface area (TPSA) is 79.7 Å². The van der Waals surface area contributed by atoms with E-state index in [9.17, 15) is 14.7 Å². The maximum Gasteiger partial charge on any atom is 0.300 e. The predicted molar refractivity (Wildman–Crippen MR) is 146 cm³/mol. The number of pyridine rings is 1. The van der Waals surface area contributed by atoms with Gasteiger partial charge in [0.2, 0.25) is 0 Å². The van der Waals surface area contributed by atoms with Crippen LogP contribution in [0, 0.1) is 12.8 Å². The number of carbonyl (C=O) groups excluding carboxylic acids is 2. The predicted octanol–water partition coefficient (Wildman–Crippen LogP) is 6.35. The van der Waals surface area contributed by atoms with Crippen molar-refractivity contribution in [3.8, 4) is 5.75 Å². The van der Waals surface area contributed by atoms with Crippen molar-refractivity contribution in [2.24, 2.45) is 5.92 Å². The van der Waals surface area contributed by atoms with Gasteiger partial charge in [0.05, 0.1) is 18.2 Å². The molecule has 1 fully saturated rings. The standard InChI is InChI=1S/C31H34N2O4/c1-19(2)18-37-25-14-9-21(16-20(25)3)28(34)26-27(22-8-7-15-32-17-22)33(30(36)29(26)35)24-12-10-23(11-13-24)31(4,5)6/h7-17,19,27,34H,18H2,1-6H3/b28-26-. The Morgan fingerprint density at radius 2 is 1.78 bits per heavy atom. The fourth-order valence-corrected chi connectivity index (χ4v) is 4.44. The van der Waals surface area contributed by atoms with Crippen molar-refractivity contribution in [3.63, 3.8) is 0 Å². The van der Waals surface area contributed by atoms with Crippen molar-refractivity contribution in [1.82, 2.24) is 4.98 Å². The number of Topliss-reactive ketones (excluding diaryl/α,β-unsaturated/α-hetero) is 1. The number of anilines is 1. The number of aryl methyl sites for hydroxylation is 1. The van der Waals surface area contributed by atoms with E-state index in [-0.39, 0.29) is 16.7 Å². The van der Waals surface area contributed by atoms with E-state index in [0.29, 0.717) is 35.1 Å². The van der Waals surface area contributed by atoms with E-state index in [1.807, 2.05) is 31.2 Å². The number of aliphatic hydroxyl groups is 1. The van der Waals surface area contributed by atoms with Crippen LogP contribution in [0.15, 0.2) is 72.6 Å². The third-order valence-corrected chi connectivity index (χ3v) is 6.48. The molecule has 0 radical (unpaired) electrons. The van der Waals surface area contributed by atoms with Gasteiger partial charge >= 0.3 is 0 Å². The first-order valence-corrected chi connectivity index (χ1v) is 12.5. The number of aromatic nitrogens is 1. The van der Waals surface area contributed by atoms with Crippen LogP contribution in [-0.2, 0) is 15.0 Å². The lowest BCUT2D eigenvalue weighted by Crippen LogP contribution is -2.29. The Kier molecular flexibility index (Phi) is 7.21. The molecule has 2 heterocycles. The first kappa shape index (κ1) is 26.1. The summed E-state index contributed by atoms with van der Waals surface area (Å²) in [5.74, 6) is -0.551. The average Bonchev–Trinajstić information content (AvgIpc) is 3.13. The van der Waals surface area contributed by atoms with Gasteiger partial charge < -0.3 is 9.84 Å². The van der Waals surface area contributed by atoms with Crippen LogP contribution in [0.5, 0.6) is 5.75 Å². The summed E-state index contributed by atoms with van der Waals surface area (Å²) in [6.07, 6.45) is 3.25. The van der Waals surface area contributed by atoms with Crippen molar-refractivity contribution >= 4 is 23.1 Å². The van der Waals surface area contributed by atoms with Gasteiger partial charge in [0.15, 0.2) is 0 Å². The zero-order chi connectivity index (χ0) is 26.9. The average molecular weight is 499 g/mol. The van der Waals surface area contributed by atoms with Crippen LogP contribution in [0.2, 0.25) is 0 Å². The van der Waals surface area contributed by atoms with E-state index in [1.54, 1.807) is 42.7 Å². The highest BCUT2D eigenvalue weighted by molar-refractivity contribution is 6.51. The smallest absolute Gasteiger partial charge is 0.300 e. The minimum atomic E-state index is -0.814. The van der Waals surface area contributed by atoms with Crippen LogP contribution >= 0.6 is 0 Å². The van der Waals surface area contributed by atoms with E-state index in [2.05, 4.69) is 39.6 Å². The molecule has 0 saturated carbocycles. The van der Waals surface area contributed by atoms with E-state index in [1.165, 1.54) is 4.90 Å². The van der Waals surface area contributed by atoms with Crippen LogP contribution in [-0.4, -0.2) is 28.4 Å². The van der Waals surface area contributed by atoms with Crippen LogP contribution in [0.4, 0.5) is 5.69 Å². The Balaban J connectivity index is 1.82. The zero-order valence-electron chi connectivity index (χ0n) is 22.3. The minimum Gasteiger partial charge on any atom is -0.507 e. The lowest BCUT2D eigenvalue weighted by Gasteiger charge is -2.26. The fraction of sp³-hybridized carbons (Fsp3) is 0.323. The molecule has 6 heteroatoms. The number of hydrogen-bond acceptors (Lipinski definition) is 5. The Hall–Kier alpha value is -3.93. The highest BCUT2D eigenvalue weighted by atomic mass is 16.5. The summed E-state index contributed by atoms with van der Waals surface area (Å²) in [5.41, 5.74) is 3.58. The molecule has 1 atom stereocenters. The van der Waals surface area contributed by atoms with E-state index in [4.69, 9.17) is 4.74 Å². The van der Waals surface area contributed by atoms with Gasteiger partial charge in [-0.3, -0.25) is 19.5 Å². The highest BCUT2D eigenvalue weighted by Gasteiger charge is 2.47. The van der Waals surface area contributed by atoms with Gasteiger partial charge in [0, 0.05) is 23.6 Å². The Morgan fingerprint density at radius 1 is 1.08 bits per heavy atom. The number of amides is 1. The minimum absolute atomic E-state index is 0.0353. The molecule has 0 bridgehead atoms. The SMILES string of the molecule is Cc1cc(/C(O)=C2/C(=O)C(=O)N(c3ccc(C(C)(C)C)cc3)C2c2cccnc2)ccc1OCC(C)C. The normalized spacial score (nSPS) is 17.5. The number of carbonyl (C=O) groups is 2. The Bertz CT molecular complexity index is 1340. The lowest BCUT2D eigenvalue weighted by molar-refractivity contribution is -0.132. The van der Waals surface area contributed by atoms with Crippen molar-refractivity contribution in [3.05, 3.63) is 94.8 Å². The number of aliphatic hydroxyl groups excluding tert-OH is 1. The van der Waals surface area contributed by atoms with Gasteiger partial charge in [-0.05, 0) is 71.3 Å². The molecule has 192 valence electrons. The number of benzene rings is 2. The third kappa shape index (κ3) is 5.29. The summed E-state index contributed by atoms with van der Waals surface area (Å²) >= 11 is 0. The summed E-state index contributed by atoms with van der Waals surface area (Å²) in [5, 5.41) is 11.4. The quantitative estimate of drug-likeness (QED) is 0.243. The highest BCUT2D eigenvalue weighted by Crippen LogP contribution is 2.42. The molecule has 3 aromatic rings. The fourth-order valence-electron chi connectivity index (χ4n) is 4.44. The van der Waals surface area contributed by atoms with Gasteiger partial charge in [-0.25, -0.2) is 0 Å². The van der Waals surface area contributed by atoms with Gasteiger partial charge in [-0.1, -0.05) is 52.8 Å². The molecule has 1 unspecified atom stereocenters. The van der Waals surface area contributed by atoms with Crippen LogP contribution in [0.25, 0.3) is 5.76 Å². The van der Waals surface area contributed by atoms with Gasteiger partial charge in [-0.2, -0.15) is 0 Å². The van der Waals surface area contributed by atoms with Crippen molar-refractivity contribution in [2.45, 2.75) is 53.0 Å². The van der Waals surface area contributed by atoms with Crippen molar-refractivity contribution in [2.75, 3.05) is 11.5 Å². The summed E-state index contributed by atoms with van der Waals surface area (Å²) < 4.78 is 5.86. The lowest BCUT2D eigenvalue weighted by atomic mass is 9.87. The molecule has 1 aliphatic heterocycles. The molecule has 1 aromatic heterocycles. The Morgan fingerprint density at radius 3 is 2.35 bits per heavy atom. The molecule has 0 spiro atoms. The van der Waals surface area contributed by atoms with Gasteiger partial charge in [0.1, 0.15) is 11.5 Å². The molecular weight excluding hydrogens is 464 g/mol. The molecule has 0 aliphatic carbocycles. The van der Waals surface area contributed by atoms with Gasteiger partial charge in [-0.15, -0.1) is 0 Å². The third-order valence-electron chi connectivity index (χ3n) is 6.48. The van der Waals surface area contributed by atoms with Crippen LogP contribution in [0.3, 0.4) is 0 Å². The second kappa shape index (κ2) is 10.2. The van der Waals surface area contributed by atoms with Crippen LogP contribution in [0.1, 0.15) is 62.9 Å². The molecular formula is C31H34N2O4. The molecule has 4 rings (SSSR count). The number of ketones is 1. The van der Waals surface area contributed by atoms with E-state index in [0.717, 1.165) is 11.1 Å².